The van der Waals surface area contributed by atoms with Gasteiger partial charge >= 0.3 is 12.3 Å². The summed E-state index contributed by atoms with van der Waals surface area (Å²) in [7, 11) is 0. The number of alkyl halides is 3. The van der Waals surface area contributed by atoms with Crippen LogP contribution < -0.4 is 5.73 Å². The highest BCUT2D eigenvalue weighted by Gasteiger charge is 2.31. The van der Waals surface area contributed by atoms with Gasteiger partial charge in [-0.1, -0.05) is 69.3 Å². The first-order valence-electron chi connectivity index (χ1n) is 14.5. The standard InChI is InChI=1S/C33H43F3N2O3/c1-6-12-30(31(37)22(2)3)40-24(5)41-32(39)38(20-11-14-25-13-9-17-27(21-25)33(34,35)36)23(4)28-19-10-16-26-15-7-8-18-29(26)28/h8-10,12-13,16-19,21-24,31H,6-7,11,14-15,20,37H2,1-5H3/b30-12+. The van der Waals surface area contributed by atoms with Gasteiger partial charge in [0.25, 0.3) is 0 Å². The van der Waals surface area contributed by atoms with Crippen molar-refractivity contribution in [3.63, 3.8) is 0 Å². The highest BCUT2D eigenvalue weighted by molar-refractivity contribution is 5.69. The number of hydrogen-bond acceptors (Lipinski definition) is 4. The largest absolute Gasteiger partial charge is 0.458 e. The predicted octanol–water partition coefficient (Wildman–Crippen LogP) is 8.44. The number of benzene rings is 2. The molecular formula is C33H43F3N2O3. The number of fused-ring (bicyclic) bond motifs is 1. The molecule has 41 heavy (non-hydrogen) atoms. The van der Waals surface area contributed by atoms with E-state index in [9.17, 15) is 18.0 Å². The van der Waals surface area contributed by atoms with Crippen LogP contribution in [0.15, 0.2) is 60.4 Å². The van der Waals surface area contributed by atoms with Crippen LogP contribution in [0.4, 0.5) is 18.0 Å². The molecule has 0 heterocycles. The summed E-state index contributed by atoms with van der Waals surface area (Å²) in [5.74, 6) is 0.717. The van der Waals surface area contributed by atoms with E-state index < -0.39 is 24.1 Å². The van der Waals surface area contributed by atoms with Crippen molar-refractivity contribution in [2.45, 2.75) is 91.3 Å². The lowest BCUT2D eigenvalue weighted by Crippen LogP contribution is -2.38. The van der Waals surface area contributed by atoms with E-state index in [0.29, 0.717) is 30.7 Å². The van der Waals surface area contributed by atoms with Gasteiger partial charge in [0.2, 0.25) is 6.29 Å². The highest BCUT2D eigenvalue weighted by Crippen LogP contribution is 2.32. The number of nitrogens with zero attached hydrogens (tertiary/aromatic N) is 1. The summed E-state index contributed by atoms with van der Waals surface area (Å²) in [5, 5.41) is 0. The minimum Gasteiger partial charge on any atom is -0.458 e. The quantitative estimate of drug-likeness (QED) is 0.205. The van der Waals surface area contributed by atoms with E-state index in [4.69, 9.17) is 15.2 Å². The van der Waals surface area contributed by atoms with Crippen molar-refractivity contribution >= 4 is 12.2 Å². The Kier molecular flexibility index (Phi) is 11.5. The van der Waals surface area contributed by atoms with Crippen LogP contribution >= 0.6 is 0 Å². The molecule has 3 atom stereocenters. The van der Waals surface area contributed by atoms with Crippen LogP contribution in [0.5, 0.6) is 0 Å². The summed E-state index contributed by atoms with van der Waals surface area (Å²) in [5.41, 5.74) is 9.52. The van der Waals surface area contributed by atoms with E-state index in [0.717, 1.165) is 36.5 Å². The first-order chi connectivity index (χ1) is 19.4. The summed E-state index contributed by atoms with van der Waals surface area (Å²) in [6, 6.07) is 10.8. The molecule has 0 saturated carbocycles. The van der Waals surface area contributed by atoms with Crippen molar-refractivity contribution in [2.24, 2.45) is 11.7 Å². The van der Waals surface area contributed by atoms with Gasteiger partial charge in [-0.15, -0.1) is 0 Å². The fourth-order valence-electron chi connectivity index (χ4n) is 5.04. The van der Waals surface area contributed by atoms with Gasteiger partial charge in [-0.05, 0) is 79.3 Å². The molecule has 3 rings (SSSR count). The van der Waals surface area contributed by atoms with Gasteiger partial charge in [0, 0.05) is 13.5 Å². The molecule has 3 unspecified atom stereocenters. The van der Waals surface area contributed by atoms with Gasteiger partial charge in [-0.25, -0.2) is 4.79 Å². The Hall–Kier alpha value is -3.26. The van der Waals surface area contributed by atoms with E-state index in [1.54, 1.807) is 17.9 Å². The molecule has 2 aromatic carbocycles. The number of carbonyl (C=O) groups is 1. The van der Waals surface area contributed by atoms with Crippen LogP contribution in [0.1, 0.15) is 87.7 Å². The molecule has 5 nitrogen and oxygen atoms in total. The number of allylic oxidation sites excluding steroid dienone is 2. The maximum Gasteiger partial charge on any atom is 0.416 e. The molecule has 2 N–H and O–H groups in total. The zero-order valence-electron chi connectivity index (χ0n) is 24.7. The minimum atomic E-state index is -4.40. The second kappa shape index (κ2) is 14.6. The molecule has 0 bridgehead atoms. The molecule has 0 spiro atoms. The molecule has 0 saturated heterocycles. The van der Waals surface area contributed by atoms with E-state index in [2.05, 4.69) is 18.2 Å². The summed E-state index contributed by atoms with van der Waals surface area (Å²) in [6.07, 6.45) is 3.74. The SMILES string of the molecule is CC/C=C(/OC(C)OC(=O)N(CCCc1cccc(C(F)(F)F)c1)C(C)c1cccc2c1C=CCC2)C(N)C(C)C. The Balaban J connectivity index is 1.80. The van der Waals surface area contributed by atoms with Crippen LogP contribution in [0, 0.1) is 5.92 Å². The van der Waals surface area contributed by atoms with Crippen LogP contribution in [-0.2, 0) is 28.5 Å². The monoisotopic (exact) mass is 572 g/mol. The van der Waals surface area contributed by atoms with Crippen LogP contribution in [0.25, 0.3) is 6.08 Å². The number of carbonyl (C=O) groups excluding carboxylic acids is 1. The van der Waals surface area contributed by atoms with Gasteiger partial charge in [0.1, 0.15) is 5.76 Å². The summed E-state index contributed by atoms with van der Waals surface area (Å²) >= 11 is 0. The number of nitrogens with two attached hydrogens (primary N) is 1. The number of rotatable bonds is 12. The van der Waals surface area contributed by atoms with Crippen molar-refractivity contribution in [3.05, 3.63) is 88.2 Å². The predicted molar refractivity (Wildman–Crippen MR) is 157 cm³/mol. The van der Waals surface area contributed by atoms with Gasteiger partial charge in [-0.3, -0.25) is 0 Å². The van der Waals surface area contributed by atoms with E-state index in [1.807, 2.05) is 45.9 Å². The third kappa shape index (κ3) is 8.86. The van der Waals surface area contributed by atoms with Crippen molar-refractivity contribution in [3.8, 4) is 0 Å². The van der Waals surface area contributed by atoms with Gasteiger partial charge in [-0.2, -0.15) is 13.2 Å². The van der Waals surface area contributed by atoms with Crippen molar-refractivity contribution in [1.82, 2.24) is 4.90 Å². The third-order valence-electron chi connectivity index (χ3n) is 7.39. The maximum absolute atomic E-state index is 13.6. The molecule has 224 valence electrons. The Bertz CT molecular complexity index is 1220. The second-order valence-electron chi connectivity index (χ2n) is 10.9. The first-order valence-corrected chi connectivity index (χ1v) is 14.5. The third-order valence-corrected chi connectivity index (χ3v) is 7.39. The molecule has 8 heteroatoms. The van der Waals surface area contributed by atoms with Gasteiger partial charge < -0.3 is 20.1 Å². The molecule has 1 aliphatic rings. The fourth-order valence-corrected chi connectivity index (χ4v) is 5.04. The van der Waals surface area contributed by atoms with Crippen LogP contribution in [0.2, 0.25) is 0 Å². The van der Waals surface area contributed by atoms with E-state index >= 15 is 0 Å². The Morgan fingerprint density at radius 2 is 1.83 bits per heavy atom. The average molecular weight is 573 g/mol. The normalized spacial score (nSPS) is 15.7. The van der Waals surface area contributed by atoms with Crippen molar-refractivity contribution in [2.75, 3.05) is 6.54 Å². The zero-order valence-corrected chi connectivity index (χ0v) is 24.7. The minimum absolute atomic E-state index is 0.139. The molecule has 0 radical (unpaired) electrons. The van der Waals surface area contributed by atoms with E-state index in [-0.39, 0.29) is 18.0 Å². The number of halogens is 3. The lowest BCUT2D eigenvalue weighted by atomic mass is 9.90. The topological polar surface area (TPSA) is 64.8 Å². The molecule has 0 aliphatic heterocycles. The van der Waals surface area contributed by atoms with Crippen molar-refractivity contribution < 1.29 is 27.4 Å². The number of hydrogen-bond donors (Lipinski definition) is 1. The molecular weight excluding hydrogens is 529 g/mol. The lowest BCUT2D eigenvalue weighted by molar-refractivity contribution is -0.137. The molecule has 2 aromatic rings. The molecule has 1 amide bonds. The first kappa shape index (κ1) is 32.3. The Morgan fingerprint density at radius 3 is 2.51 bits per heavy atom. The van der Waals surface area contributed by atoms with Crippen molar-refractivity contribution in [1.29, 1.82) is 0 Å². The number of amides is 1. The summed E-state index contributed by atoms with van der Waals surface area (Å²) < 4.78 is 51.4. The Morgan fingerprint density at radius 1 is 1.10 bits per heavy atom. The molecule has 0 fully saturated rings. The molecule has 1 aliphatic carbocycles. The van der Waals surface area contributed by atoms with Gasteiger partial charge in [0.05, 0.1) is 17.6 Å². The van der Waals surface area contributed by atoms with Crippen LogP contribution in [-0.4, -0.2) is 29.9 Å². The highest BCUT2D eigenvalue weighted by atomic mass is 19.4. The van der Waals surface area contributed by atoms with Crippen LogP contribution in [0.3, 0.4) is 0 Å². The van der Waals surface area contributed by atoms with Gasteiger partial charge in [0.15, 0.2) is 0 Å². The maximum atomic E-state index is 13.6. The zero-order chi connectivity index (χ0) is 30.2. The number of aryl methyl sites for hydroxylation is 2. The molecule has 0 aromatic heterocycles. The van der Waals surface area contributed by atoms with E-state index in [1.165, 1.54) is 17.7 Å². The summed E-state index contributed by atoms with van der Waals surface area (Å²) in [4.78, 5) is 15.2. The second-order valence-corrected chi connectivity index (χ2v) is 10.9. The average Bonchev–Trinajstić information content (AvgIpc) is 2.93. The lowest BCUT2D eigenvalue weighted by Gasteiger charge is -2.32. The summed E-state index contributed by atoms with van der Waals surface area (Å²) in [6.45, 7) is 9.88. The Labute approximate surface area is 242 Å². The smallest absolute Gasteiger partial charge is 0.416 e. The number of ether oxygens (including phenoxy) is 2. The fraction of sp³-hybridized carbons (Fsp3) is 0.485.